The van der Waals surface area contributed by atoms with Gasteiger partial charge in [0.1, 0.15) is 0 Å². The van der Waals surface area contributed by atoms with Crippen LogP contribution in [0.3, 0.4) is 0 Å². The van der Waals surface area contributed by atoms with E-state index < -0.39 is 0 Å². The summed E-state index contributed by atoms with van der Waals surface area (Å²) in [5.41, 5.74) is 0. The summed E-state index contributed by atoms with van der Waals surface area (Å²) in [4.78, 5) is 0. The van der Waals surface area contributed by atoms with Crippen molar-refractivity contribution < 1.29 is 0 Å². The maximum Gasteiger partial charge on any atom is 0.0264 e. The van der Waals surface area contributed by atoms with E-state index in [1.165, 1.54) is 0 Å². The zero-order chi connectivity index (χ0) is 10.3. The molecule has 0 heterocycles. The largest absolute Gasteiger partial charge is 0.315 e. The van der Waals surface area contributed by atoms with E-state index in [9.17, 15) is 0 Å². The Morgan fingerprint density at radius 2 is 2.00 bits per heavy atom. The lowest BCUT2D eigenvalue weighted by atomic mass is 10.2. The van der Waals surface area contributed by atoms with Gasteiger partial charge in [-0.2, -0.15) is 11.8 Å². The van der Waals surface area contributed by atoms with Crippen LogP contribution < -0.4 is 5.32 Å². The quantitative estimate of drug-likeness (QED) is 0.698. The first-order valence-electron chi connectivity index (χ1n) is 4.70. The number of hydrogen-bond donors (Lipinski definition) is 1. The van der Waals surface area contributed by atoms with Gasteiger partial charge >= 0.3 is 0 Å². The SMILES string of the molecule is CC#CCC(CSC(C)(C)C)NC. The van der Waals surface area contributed by atoms with E-state index in [0.717, 1.165) is 12.2 Å². The van der Waals surface area contributed by atoms with Crippen molar-refractivity contribution in [2.45, 2.75) is 44.9 Å². The van der Waals surface area contributed by atoms with Crippen molar-refractivity contribution in [3.63, 3.8) is 0 Å². The highest BCUT2D eigenvalue weighted by molar-refractivity contribution is 8.00. The third kappa shape index (κ3) is 8.21. The minimum Gasteiger partial charge on any atom is -0.315 e. The summed E-state index contributed by atoms with van der Waals surface area (Å²) in [6.07, 6.45) is 0.954. The normalized spacial score (nSPS) is 13.3. The minimum absolute atomic E-state index is 0.356. The molecular formula is C11H21NS. The molecule has 1 atom stereocenters. The Morgan fingerprint density at radius 1 is 1.38 bits per heavy atom. The van der Waals surface area contributed by atoms with Gasteiger partial charge < -0.3 is 5.32 Å². The molecule has 1 nitrogen and oxygen atoms in total. The molecular weight excluding hydrogens is 178 g/mol. The molecule has 0 rings (SSSR count). The topological polar surface area (TPSA) is 12.0 Å². The van der Waals surface area contributed by atoms with Crippen LogP contribution in [0.5, 0.6) is 0 Å². The van der Waals surface area contributed by atoms with Gasteiger partial charge in [0.2, 0.25) is 0 Å². The predicted octanol–water partition coefficient (Wildman–Crippen LogP) is 2.52. The molecule has 0 amide bonds. The average Bonchev–Trinajstić information content (AvgIpc) is 2.03. The molecule has 0 saturated carbocycles. The molecule has 0 radical (unpaired) electrons. The summed E-state index contributed by atoms with van der Waals surface area (Å²) in [5.74, 6) is 7.17. The third-order valence-corrected chi connectivity index (χ3v) is 3.09. The van der Waals surface area contributed by atoms with E-state index in [-0.39, 0.29) is 0 Å². The summed E-state index contributed by atoms with van der Waals surface area (Å²) in [7, 11) is 2.01. The number of nitrogens with one attached hydrogen (secondary N) is 1. The lowest BCUT2D eigenvalue weighted by Crippen LogP contribution is -2.29. The molecule has 2 heteroatoms. The number of hydrogen-bond acceptors (Lipinski definition) is 2. The van der Waals surface area contributed by atoms with Crippen LogP contribution in [-0.4, -0.2) is 23.6 Å². The van der Waals surface area contributed by atoms with Crippen LogP contribution in [0.1, 0.15) is 34.1 Å². The molecule has 0 fully saturated rings. The molecule has 0 aromatic rings. The van der Waals surface area contributed by atoms with Gasteiger partial charge in [-0.15, -0.1) is 11.8 Å². The summed E-state index contributed by atoms with van der Waals surface area (Å²) >= 11 is 1.99. The molecule has 0 bridgehead atoms. The van der Waals surface area contributed by atoms with E-state index in [1.807, 2.05) is 25.7 Å². The number of thioether (sulfide) groups is 1. The van der Waals surface area contributed by atoms with Crippen LogP contribution in [0.2, 0.25) is 0 Å². The second kappa shape index (κ2) is 6.34. The Balaban J connectivity index is 3.76. The zero-order valence-electron chi connectivity index (χ0n) is 9.40. The van der Waals surface area contributed by atoms with Gasteiger partial charge in [-0.1, -0.05) is 20.8 Å². The van der Waals surface area contributed by atoms with Crippen molar-refractivity contribution in [2.24, 2.45) is 0 Å². The highest BCUT2D eigenvalue weighted by Crippen LogP contribution is 2.24. The van der Waals surface area contributed by atoms with Gasteiger partial charge in [-0.05, 0) is 14.0 Å². The first-order valence-corrected chi connectivity index (χ1v) is 5.69. The van der Waals surface area contributed by atoms with E-state index >= 15 is 0 Å². The smallest absolute Gasteiger partial charge is 0.0264 e. The van der Waals surface area contributed by atoms with Gasteiger partial charge in [0.25, 0.3) is 0 Å². The highest BCUT2D eigenvalue weighted by atomic mass is 32.2. The molecule has 0 saturated heterocycles. The minimum atomic E-state index is 0.356. The molecule has 1 unspecified atom stereocenters. The molecule has 13 heavy (non-hydrogen) atoms. The molecule has 0 aromatic heterocycles. The molecule has 76 valence electrons. The van der Waals surface area contributed by atoms with E-state index in [2.05, 4.69) is 37.9 Å². The van der Waals surface area contributed by atoms with Crippen molar-refractivity contribution in [2.75, 3.05) is 12.8 Å². The van der Waals surface area contributed by atoms with Gasteiger partial charge in [0.05, 0.1) is 0 Å². The fraction of sp³-hybridized carbons (Fsp3) is 0.818. The first kappa shape index (κ1) is 12.9. The summed E-state index contributed by atoms with van der Waals surface area (Å²) in [6, 6.07) is 0.525. The van der Waals surface area contributed by atoms with Crippen LogP contribution in [-0.2, 0) is 0 Å². The summed E-state index contributed by atoms with van der Waals surface area (Å²) in [5, 5.41) is 3.29. The molecule has 0 aliphatic rings. The fourth-order valence-corrected chi connectivity index (χ4v) is 1.81. The zero-order valence-corrected chi connectivity index (χ0v) is 10.2. The monoisotopic (exact) mass is 199 g/mol. The van der Waals surface area contributed by atoms with Gasteiger partial charge in [0, 0.05) is 23.0 Å². The van der Waals surface area contributed by atoms with Gasteiger partial charge in [0.15, 0.2) is 0 Å². The van der Waals surface area contributed by atoms with E-state index in [1.54, 1.807) is 0 Å². The number of rotatable bonds is 4. The summed E-state index contributed by atoms with van der Waals surface area (Å²) < 4.78 is 0.356. The van der Waals surface area contributed by atoms with E-state index in [4.69, 9.17) is 0 Å². The maximum absolute atomic E-state index is 3.29. The van der Waals surface area contributed by atoms with Crippen LogP contribution in [0.25, 0.3) is 0 Å². The van der Waals surface area contributed by atoms with Gasteiger partial charge in [-0.25, -0.2) is 0 Å². The van der Waals surface area contributed by atoms with Crippen molar-refractivity contribution in [3.8, 4) is 11.8 Å². The highest BCUT2D eigenvalue weighted by Gasteiger charge is 2.13. The molecule has 0 spiro atoms. The van der Waals surface area contributed by atoms with Crippen LogP contribution in [0, 0.1) is 11.8 Å². The lowest BCUT2D eigenvalue weighted by Gasteiger charge is -2.21. The Labute approximate surface area is 87.1 Å². The standard InChI is InChI=1S/C11H21NS/c1-6-7-8-10(12-5)9-13-11(2,3)4/h10,12H,8-9H2,1-5H3. The molecule has 1 N–H and O–H groups in total. The second-order valence-corrected chi connectivity index (χ2v) is 5.89. The van der Waals surface area contributed by atoms with Gasteiger partial charge in [-0.3, -0.25) is 0 Å². The van der Waals surface area contributed by atoms with Crippen molar-refractivity contribution in [1.82, 2.24) is 5.32 Å². The van der Waals surface area contributed by atoms with Crippen LogP contribution in [0.4, 0.5) is 0 Å². The Hall–Kier alpha value is -0.130. The third-order valence-electron chi connectivity index (χ3n) is 1.65. The van der Waals surface area contributed by atoms with Crippen LogP contribution in [0.15, 0.2) is 0 Å². The fourth-order valence-electron chi connectivity index (χ4n) is 0.820. The molecule has 0 aliphatic heterocycles. The lowest BCUT2D eigenvalue weighted by molar-refractivity contribution is 0.632. The Bertz CT molecular complexity index is 182. The van der Waals surface area contributed by atoms with Crippen LogP contribution >= 0.6 is 11.8 Å². The van der Waals surface area contributed by atoms with E-state index in [0.29, 0.717) is 10.8 Å². The molecule has 0 aromatic carbocycles. The first-order chi connectivity index (χ1) is 5.99. The Morgan fingerprint density at radius 3 is 2.38 bits per heavy atom. The van der Waals surface area contributed by atoms with Crippen molar-refractivity contribution in [3.05, 3.63) is 0 Å². The maximum atomic E-state index is 3.29. The predicted molar refractivity (Wildman–Crippen MR) is 63.1 cm³/mol. The average molecular weight is 199 g/mol. The van der Waals surface area contributed by atoms with Crippen molar-refractivity contribution >= 4 is 11.8 Å². The summed E-state index contributed by atoms with van der Waals surface area (Å²) in [6.45, 7) is 8.63. The van der Waals surface area contributed by atoms with Crippen molar-refractivity contribution in [1.29, 1.82) is 0 Å². The Kier molecular flexibility index (Phi) is 6.28. The second-order valence-electron chi connectivity index (χ2n) is 4.04. The molecule has 0 aliphatic carbocycles.